The highest BCUT2D eigenvalue weighted by Crippen LogP contribution is 2.19. The Kier molecular flexibility index (Phi) is 7.38. The van der Waals surface area contributed by atoms with Crippen LogP contribution in [0.3, 0.4) is 0 Å². The molecule has 0 unspecified atom stereocenters. The number of nitrogens with one attached hydrogen (secondary N) is 2. The van der Waals surface area contributed by atoms with Gasteiger partial charge in [0.2, 0.25) is 0 Å². The molecule has 166 valence electrons. The molecular weight excluding hydrogens is 390 g/mol. The Labute approximate surface area is 184 Å². The Morgan fingerprint density at radius 2 is 1.87 bits per heavy atom. The third kappa shape index (κ3) is 6.42. The number of nitrogens with zero attached hydrogens (tertiary/aromatic N) is 3. The molecule has 2 aromatic rings. The summed E-state index contributed by atoms with van der Waals surface area (Å²) in [6.07, 6.45) is 4.26. The van der Waals surface area contributed by atoms with E-state index in [-0.39, 0.29) is 6.03 Å². The number of benzene rings is 1. The second-order valence-corrected chi connectivity index (χ2v) is 8.59. The fraction of sp³-hybridized carbons (Fsp3) is 0.500. The van der Waals surface area contributed by atoms with E-state index in [1.54, 1.807) is 6.20 Å². The Bertz CT molecular complexity index is 843. The molecule has 7 heteroatoms. The number of hydrogen-bond donors (Lipinski definition) is 2. The Hall–Kier alpha value is -2.64. The van der Waals surface area contributed by atoms with Gasteiger partial charge in [-0.2, -0.15) is 0 Å². The second-order valence-electron chi connectivity index (χ2n) is 8.59. The van der Waals surface area contributed by atoms with Crippen molar-refractivity contribution >= 4 is 17.5 Å². The minimum Gasteiger partial charge on any atom is -0.378 e. The highest BCUT2D eigenvalue weighted by Gasteiger charge is 2.16. The lowest BCUT2D eigenvalue weighted by molar-refractivity contribution is 0.122. The summed E-state index contributed by atoms with van der Waals surface area (Å²) in [7, 11) is 0. The molecule has 2 aliphatic rings. The van der Waals surface area contributed by atoms with Crippen molar-refractivity contribution in [3.63, 3.8) is 0 Å². The number of pyridine rings is 1. The first-order valence-corrected chi connectivity index (χ1v) is 11.3. The van der Waals surface area contributed by atoms with Crippen molar-refractivity contribution in [1.29, 1.82) is 0 Å². The molecule has 2 aliphatic heterocycles. The van der Waals surface area contributed by atoms with Gasteiger partial charge in [0.15, 0.2) is 0 Å². The molecule has 4 rings (SSSR count). The van der Waals surface area contributed by atoms with E-state index in [2.05, 4.69) is 56.6 Å². The summed E-state index contributed by atoms with van der Waals surface area (Å²) in [5, 5.41) is 5.81. The largest absolute Gasteiger partial charge is 0.378 e. The van der Waals surface area contributed by atoms with Gasteiger partial charge in [-0.1, -0.05) is 31.2 Å². The number of amides is 2. The van der Waals surface area contributed by atoms with E-state index in [0.717, 1.165) is 50.1 Å². The lowest BCUT2D eigenvalue weighted by Gasteiger charge is -2.30. The molecule has 7 nitrogen and oxygen atoms in total. The van der Waals surface area contributed by atoms with Crippen molar-refractivity contribution < 1.29 is 9.53 Å². The zero-order valence-corrected chi connectivity index (χ0v) is 18.3. The van der Waals surface area contributed by atoms with E-state index < -0.39 is 0 Å². The van der Waals surface area contributed by atoms with Crippen molar-refractivity contribution in [2.45, 2.75) is 32.9 Å². The van der Waals surface area contributed by atoms with Crippen molar-refractivity contribution in [1.82, 2.24) is 15.2 Å². The second kappa shape index (κ2) is 10.6. The van der Waals surface area contributed by atoms with Crippen molar-refractivity contribution in [3.05, 3.63) is 53.7 Å². The zero-order chi connectivity index (χ0) is 21.5. The summed E-state index contributed by atoms with van der Waals surface area (Å²) in [4.78, 5) is 21.5. The molecule has 0 aliphatic carbocycles. The molecule has 0 saturated carbocycles. The average Bonchev–Trinajstić information content (AvgIpc) is 2.81. The first-order chi connectivity index (χ1) is 15.2. The third-order valence-corrected chi connectivity index (χ3v) is 6.07. The van der Waals surface area contributed by atoms with E-state index >= 15 is 0 Å². The lowest BCUT2D eigenvalue weighted by atomic mass is 9.98. The maximum Gasteiger partial charge on any atom is 0.319 e. The summed E-state index contributed by atoms with van der Waals surface area (Å²) < 4.78 is 5.37. The number of hydrogen-bond acceptors (Lipinski definition) is 5. The van der Waals surface area contributed by atoms with Gasteiger partial charge in [-0.15, -0.1) is 0 Å². The standard InChI is InChI=1S/C24H33N5O2/c1-19-7-9-28(10-8-19)18-21-4-2-3-20(15-21)16-26-24(30)27-22-5-6-23(25-17-22)29-11-13-31-14-12-29/h2-6,15,17,19H,7-14,16,18H2,1H3,(H2,26,27,30). The summed E-state index contributed by atoms with van der Waals surface area (Å²) in [6.45, 7) is 9.29. The number of urea groups is 1. The number of ether oxygens (including phenoxy) is 1. The van der Waals surface area contributed by atoms with Crippen LogP contribution in [0.15, 0.2) is 42.6 Å². The van der Waals surface area contributed by atoms with Gasteiger partial charge in [-0.25, -0.2) is 9.78 Å². The zero-order valence-electron chi connectivity index (χ0n) is 18.3. The van der Waals surface area contributed by atoms with Crippen LogP contribution in [-0.4, -0.2) is 55.3 Å². The van der Waals surface area contributed by atoms with Gasteiger partial charge < -0.3 is 20.3 Å². The molecular formula is C24H33N5O2. The summed E-state index contributed by atoms with van der Waals surface area (Å²) in [5.41, 5.74) is 3.10. The van der Waals surface area contributed by atoms with E-state index in [1.165, 1.54) is 31.5 Å². The number of likely N-dealkylation sites (tertiary alicyclic amines) is 1. The van der Waals surface area contributed by atoms with Gasteiger partial charge in [-0.05, 0) is 55.1 Å². The predicted molar refractivity (Wildman–Crippen MR) is 123 cm³/mol. The van der Waals surface area contributed by atoms with Gasteiger partial charge >= 0.3 is 6.03 Å². The molecule has 3 heterocycles. The predicted octanol–water partition coefficient (Wildman–Crippen LogP) is 3.47. The molecule has 2 fully saturated rings. The first kappa shape index (κ1) is 21.6. The molecule has 2 amide bonds. The molecule has 0 bridgehead atoms. The SMILES string of the molecule is CC1CCN(Cc2cccc(CNC(=O)Nc3ccc(N4CCOCC4)nc3)c2)CC1. The van der Waals surface area contributed by atoms with Crippen LogP contribution in [0.4, 0.5) is 16.3 Å². The van der Waals surface area contributed by atoms with E-state index in [9.17, 15) is 4.79 Å². The molecule has 31 heavy (non-hydrogen) atoms. The molecule has 2 N–H and O–H groups in total. The van der Waals surface area contributed by atoms with Gasteiger partial charge in [0.05, 0.1) is 25.1 Å². The number of aromatic nitrogens is 1. The smallest absolute Gasteiger partial charge is 0.319 e. The summed E-state index contributed by atoms with van der Waals surface area (Å²) >= 11 is 0. The molecule has 1 aromatic carbocycles. The van der Waals surface area contributed by atoms with Gasteiger partial charge in [0.25, 0.3) is 0 Å². The van der Waals surface area contributed by atoms with Crippen molar-refractivity contribution in [2.24, 2.45) is 5.92 Å². The highest BCUT2D eigenvalue weighted by atomic mass is 16.5. The van der Waals surface area contributed by atoms with Crippen LogP contribution in [0.5, 0.6) is 0 Å². The Morgan fingerprint density at radius 1 is 1.10 bits per heavy atom. The quantitative estimate of drug-likeness (QED) is 0.745. The van der Waals surface area contributed by atoms with Crippen LogP contribution < -0.4 is 15.5 Å². The number of anilines is 2. The van der Waals surface area contributed by atoms with E-state index in [0.29, 0.717) is 12.2 Å². The first-order valence-electron chi connectivity index (χ1n) is 11.3. The summed E-state index contributed by atoms with van der Waals surface area (Å²) in [6, 6.07) is 12.1. The van der Waals surface area contributed by atoms with Crippen LogP contribution in [0.1, 0.15) is 30.9 Å². The third-order valence-electron chi connectivity index (χ3n) is 6.07. The minimum atomic E-state index is -0.226. The normalized spacial score (nSPS) is 18.0. The number of rotatable bonds is 6. The highest BCUT2D eigenvalue weighted by molar-refractivity contribution is 5.89. The Balaban J connectivity index is 1.24. The maximum atomic E-state index is 12.3. The minimum absolute atomic E-state index is 0.226. The van der Waals surface area contributed by atoms with Crippen molar-refractivity contribution in [3.8, 4) is 0 Å². The number of carbonyl (C=O) groups excluding carboxylic acids is 1. The maximum absolute atomic E-state index is 12.3. The fourth-order valence-corrected chi connectivity index (χ4v) is 4.11. The monoisotopic (exact) mass is 423 g/mol. The molecule has 1 aromatic heterocycles. The molecule has 0 atom stereocenters. The topological polar surface area (TPSA) is 69.7 Å². The number of morpholine rings is 1. The number of piperidine rings is 1. The van der Waals surface area contributed by atoms with Crippen LogP contribution in [-0.2, 0) is 17.8 Å². The van der Waals surface area contributed by atoms with Crippen LogP contribution in [0, 0.1) is 5.92 Å². The van der Waals surface area contributed by atoms with Gasteiger partial charge in [0, 0.05) is 26.2 Å². The van der Waals surface area contributed by atoms with E-state index in [1.807, 2.05) is 12.1 Å². The van der Waals surface area contributed by atoms with Crippen LogP contribution in [0.2, 0.25) is 0 Å². The van der Waals surface area contributed by atoms with Gasteiger partial charge in [-0.3, -0.25) is 4.90 Å². The van der Waals surface area contributed by atoms with Crippen LogP contribution in [0.25, 0.3) is 0 Å². The average molecular weight is 424 g/mol. The van der Waals surface area contributed by atoms with Gasteiger partial charge in [0.1, 0.15) is 5.82 Å². The van der Waals surface area contributed by atoms with E-state index in [4.69, 9.17) is 4.74 Å². The molecule has 0 radical (unpaired) electrons. The van der Waals surface area contributed by atoms with Crippen molar-refractivity contribution in [2.75, 3.05) is 49.6 Å². The molecule has 2 saturated heterocycles. The fourth-order valence-electron chi connectivity index (χ4n) is 4.11. The number of carbonyl (C=O) groups is 1. The lowest BCUT2D eigenvalue weighted by Crippen LogP contribution is -2.36. The Morgan fingerprint density at radius 3 is 2.61 bits per heavy atom. The molecule has 0 spiro atoms. The summed E-state index contributed by atoms with van der Waals surface area (Å²) in [5.74, 6) is 1.75. The van der Waals surface area contributed by atoms with Crippen LogP contribution >= 0.6 is 0 Å².